The highest BCUT2D eigenvalue weighted by atomic mass is 19.1. The molecule has 0 unspecified atom stereocenters. The molecular formula is C25H27FN4O3. The fraction of sp³-hybridized carbons (Fsp3) is 0.360. The van der Waals surface area contributed by atoms with Crippen molar-refractivity contribution in [3.05, 3.63) is 76.0 Å². The van der Waals surface area contributed by atoms with Crippen LogP contribution in [0.2, 0.25) is 0 Å². The van der Waals surface area contributed by atoms with Crippen LogP contribution in [0, 0.1) is 5.82 Å². The molecule has 3 aromatic rings. The Hall–Kier alpha value is -3.55. The molecule has 8 heteroatoms. The van der Waals surface area contributed by atoms with Crippen LogP contribution in [0.4, 0.5) is 4.39 Å². The van der Waals surface area contributed by atoms with E-state index in [4.69, 9.17) is 0 Å². The van der Waals surface area contributed by atoms with Gasteiger partial charge in [-0.3, -0.25) is 25.2 Å². The summed E-state index contributed by atoms with van der Waals surface area (Å²) in [5.41, 5.74) is 4.49. The first-order valence-electron chi connectivity index (χ1n) is 11.3. The number of carbonyl (C=O) groups excluding carboxylic acids is 2. The number of unbranched alkanes of at least 4 members (excludes halogenated alkanes) is 2. The van der Waals surface area contributed by atoms with E-state index in [-0.39, 0.29) is 11.3 Å². The van der Waals surface area contributed by atoms with Crippen LogP contribution in [0.1, 0.15) is 61.5 Å². The number of hydrazine groups is 1. The molecule has 7 nitrogen and oxygen atoms in total. The number of carbonyl (C=O) groups is 2. The lowest BCUT2D eigenvalue weighted by molar-refractivity contribution is -0.130. The SMILES string of the molecule is CCCCCn1nc(C(=O)NNC(=O)C2(c3cccc(F)c3)CCC2)c2ccccc2c1=O. The molecule has 1 fully saturated rings. The topological polar surface area (TPSA) is 93.1 Å². The summed E-state index contributed by atoms with van der Waals surface area (Å²) in [7, 11) is 0. The first-order chi connectivity index (χ1) is 16.0. The van der Waals surface area contributed by atoms with Gasteiger partial charge in [0, 0.05) is 11.9 Å². The van der Waals surface area contributed by atoms with Crippen molar-refractivity contribution in [3.8, 4) is 0 Å². The van der Waals surface area contributed by atoms with Gasteiger partial charge in [-0.05, 0) is 43.0 Å². The molecule has 1 aromatic heterocycles. The summed E-state index contributed by atoms with van der Waals surface area (Å²) in [6.45, 7) is 2.48. The van der Waals surface area contributed by atoms with Crippen LogP contribution < -0.4 is 16.4 Å². The van der Waals surface area contributed by atoms with Crippen molar-refractivity contribution in [2.75, 3.05) is 0 Å². The van der Waals surface area contributed by atoms with E-state index in [0.717, 1.165) is 25.7 Å². The molecule has 4 rings (SSSR count). The van der Waals surface area contributed by atoms with E-state index < -0.39 is 23.0 Å². The van der Waals surface area contributed by atoms with Gasteiger partial charge in [-0.2, -0.15) is 5.10 Å². The highest BCUT2D eigenvalue weighted by Crippen LogP contribution is 2.44. The van der Waals surface area contributed by atoms with Gasteiger partial charge in [0.05, 0.1) is 10.8 Å². The summed E-state index contributed by atoms with van der Waals surface area (Å²) in [6, 6.07) is 12.8. The normalized spacial score (nSPS) is 14.5. The van der Waals surface area contributed by atoms with Crippen LogP contribution in [0.15, 0.2) is 53.3 Å². The summed E-state index contributed by atoms with van der Waals surface area (Å²) in [6.07, 6.45) is 4.70. The number of halogens is 1. The third-order valence-corrected chi connectivity index (χ3v) is 6.36. The van der Waals surface area contributed by atoms with Crippen molar-refractivity contribution in [3.63, 3.8) is 0 Å². The fourth-order valence-electron chi connectivity index (χ4n) is 4.32. The Kier molecular flexibility index (Phi) is 6.53. The zero-order chi connectivity index (χ0) is 23.4. The van der Waals surface area contributed by atoms with Crippen molar-refractivity contribution >= 4 is 22.6 Å². The summed E-state index contributed by atoms with van der Waals surface area (Å²) >= 11 is 0. The molecule has 0 spiro atoms. The third-order valence-electron chi connectivity index (χ3n) is 6.36. The Labute approximate surface area is 191 Å². The minimum Gasteiger partial charge on any atom is -0.272 e. The summed E-state index contributed by atoms with van der Waals surface area (Å²) < 4.78 is 15.1. The molecule has 1 heterocycles. The maximum atomic E-state index is 13.7. The molecule has 1 aliphatic rings. The fourth-order valence-corrected chi connectivity index (χ4v) is 4.32. The van der Waals surface area contributed by atoms with E-state index in [0.29, 0.717) is 35.7 Å². The van der Waals surface area contributed by atoms with Crippen molar-refractivity contribution in [2.24, 2.45) is 0 Å². The standard InChI is InChI=1S/C25H27FN4O3/c1-2-3-6-15-30-23(32)20-12-5-4-11-19(20)21(29-30)22(31)27-28-24(33)25(13-8-14-25)17-9-7-10-18(26)16-17/h4-5,7,9-12,16H,2-3,6,8,13-15H2,1H3,(H,27,31)(H,28,33). The van der Waals surface area contributed by atoms with Gasteiger partial charge in [-0.15, -0.1) is 0 Å². The molecule has 0 aliphatic heterocycles. The molecule has 0 bridgehead atoms. The summed E-state index contributed by atoms with van der Waals surface area (Å²) in [5, 5.41) is 5.13. The molecular weight excluding hydrogens is 423 g/mol. The average Bonchev–Trinajstić information content (AvgIpc) is 2.78. The quantitative estimate of drug-likeness (QED) is 0.425. The monoisotopic (exact) mass is 450 g/mol. The first-order valence-corrected chi connectivity index (χ1v) is 11.3. The van der Waals surface area contributed by atoms with Crippen molar-refractivity contribution in [1.29, 1.82) is 0 Å². The second-order valence-corrected chi connectivity index (χ2v) is 8.48. The molecule has 1 saturated carbocycles. The third kappa shape index (κ3) is 4.37. The molecule has 33 heavy (non-hydrogen) atoms. The molecule has 0 saturated heterocycles. The summed E-state index contributed by atoms with van der Waals surface area (Å²) in [5.74, 6) is -1.41. The van der Waals surface area contributed by atoms with Gasteiger partial charge in [-0.1, -0.05) is 56.5 Å². The van der Waals surface area contributed by atoms with Crippen molar-refractivity contribution < 1.29 is 14.0 Å². The second-order valence-electron chi connectivity index (χ2n) is 8.48. The van der Waals surface area contributed by atoms with E-state index in [9.17, 15) is 18.8 Å². The van der Waals surface area contributed by atoms with Gasteiger partial charge >= 0.3 is 0 Å². The zero-order valence-electron chi connectivity index (χ0n) is 18.6. The van der Waals surface area contributed by atoms with Gasteiger partial charge < -0.3 is 0 Å². The number of rotatable bonds is 7. The van der Waals surface area contributed by atoms with E-state index in [2.05, 4.69) is 22.9 Å². The molecule has 2 N–H and O–H groups in total. The second kappa shape index (κ2) is 9.52. The largest absolute Gasteiger partial charge is 0.290 e. The number of hydrogen-bond donors (Lipinski definition) is 2. The number of hydrogen-bond acceptors (Lipinski definition) is 4. The van der Waals surface area contributed by atoms with Gasteiger partial charge in [0.15, 0.2) is 5.69 Å². The minimum absolute atomic E-state index is 0.0652. The first kappa shape index (κ1) is 22.6. The van der Waals surface area contributed by atoms with Gasteiger partial charge in [0.2, 0.25) is 5.91 Å². The van der Waals surface area contributed by atoms with Gasteiger partial charge in [0.1, 0.15) is 5.82 Å². The lowest BCUT2D eigenvalue weighted by Gasteiger charge is -2.40. The molecule has 0 atom stereocenters. The lowest BCUT2D eigenvalue weighted by atomic mass is 9.64. The Balaban J connectivity index is 1.57. The predicted octanol–water partition coefficient (Wildman–Crippen LogP) is 3.61. The number of nitrogens with zero attached hydrogens (tertiary/aromatic N) is 2. The highest BCUT2D eigenvalue weighted by molar-refractivity contribution is 6.05. The number of aryl methyl sites for hydroxylation is 1. The van der Waals surface area contributed by atoms with E-state index >= 15 is 0 Å². The van der Waals surface area contributed by atoms with E-state index in [1.165, 1.54) is 16.8 Å². The van der Waals surface area contributed by atoms with E-state index in [1.807, 2.05) is 0 Å². The Morgan fingerprint density at radius 3 is 2.48 bits per heavy atom. The number of amides is 2. The Morgan fingerprint density at radius 2 is 1.82 bits per heavy atom. The van der Waals surface area contributed by atoms with E-state index in [1.54, 1.807) is 36.4 Å². The number of aromatic nitrogens is 2. The van der Waals surface area contributed by atoms with Gasteiger partial charge in [-0.25, -0.2) is 9.07 Å². The Morgan fingerprint density at radius 1 is 1.06 bits per heavy atom. The summed E-state index contributed by atoms with van der Waals surface area (Å²) in [4.78, 5) is 38.8. The van der Waals surface area contributed by atoms with Crippen molar-refractivity contribution in [1.82, 2.24) is 20.6 Å². The smallest absolute Gasteiger partial charge is 0.272 e. The molecule has 172 valence electrons. The lowest BCUT2D eigenvalue weighted by Crippen LogP contribution is -2.54. The maximum absolute atomic E-state index is 13.7. The molecule has 2 aromatic carbocycles. The molecule has 2 amide bonds. The predicted molar refractivity (Wildman–Crippen MR) is 123 cm³/mol. The van der Waals surface area contributed by atoms with Crippen LogP contribution >= 0.6 is 0 Å². The molecule has 1 aliphatic carbocycles. The van der Waals surface area contributed by atoms with Crippen molar-refractivity contribution in [2.45, 2.75) is 57.4 Å². The van der Waals surface area contributed by atoms with Crippen LogP contribution in [-0.4, -0.2) is 21.6 Å². The highest BCUT2D eigenvalue weighted by Gasteiger charge is 2.46. The Bertz CT molecular complexity index is 1250. The molecule has 0 radical (unpaired) electrons. The number of nitrogens with one attached hydrogen (secondary N) is 2. The van der Waals surface area contributed by atoms with Crippen LogP contribution in [0.3, 0.4) is 0 Å². The zero-order valence-corrected chi connectivity index (χ0v) is 18.6. The number of benzene rings is 2. The minimum atomic E-state index is -0.871. The van der Waals surface area contributed by atoms with Crippen LogP contribution in [-0.2, 0) is 16.8 Å². The van der Waals surface area contributed by atoms with Crippen LogP contribution in [0.5, 0.6) is 0 Å². The average molecular weight is 451 g/mol. The van der Waals surface area contributed by atoms with Gasteiger partial charge in [0.25, 0.3) is 11.5 Å². The maximum Gasteiger partial charge on any atom is 0.290 e. The number of fused-ring (bicyclic) bond motifs is 1. The van der Waals surface area contributed by atoms with Crippen LogP contribution in [0.25, 0.3) is 10.8 Å².